The number of aromatic nitrogens is 1. The molecule has 0 bridgehead atoms. The number of furan rings is 1. The fourth-order valence-electron chi connectivity index (χ4n) is 2.90. The van der Waals surface area contributed by atoms with Crippen molar-refractivity contribution in [2.24, 2.45) is 10.2 Å². The van der Waals surface area contributed by atoms with Crippen LogP contribution in [0.2, 0.25) is 0 Å². The number of amidine groups is 1. The molecule has 3 aromatic rings. The molecule has 0 aliphatic carbocycles. The number of rotatable bonds is 6. The summed E-state index contributed by atoms with van der Waals surface area (Å²) in [6, 6.07) is 15.3. The van der Waals surface area contributed by atoms with Gasteiger partial charge in [-0.2, -0.15) is 5.10 Å². The highest BCUT2D eigenvalue weighted by molar-refractivity contribution is 8.18. The number of amides is 1. The van der Waals surface area contributed by atoms with Crippen molar-refractivity contribution in [2.75, 3.05) is 19.0 Å². The SMILES string of the molecule is CN(C)c1ccc(/C=N/N=C2\S/C(=C\c3cccnc3)C(=O)N2Cc2ccco2)cc1. The third-order valence-corrected chi connectivity index (χ3v) is 5.52. The van der Waals surface area contributed by atoms with Gasteiger partial charge in [0.25, 0.3) is 5.91 Å². The minimum absolute atomic E-state index is 0.144. The van der Waals surface area contributed by atoms with E-state index in [4.69, 9.17) is 4.42 Å². The molecule has 0 spiro atoms. The van der Waals surface area contributed by atoms with Crippen molar-refractivity contribution in [2.45, 2.75) is 6.54 Å². The van der Waals surface area contributed by atoms with Gasteiger partial charge in [0, 0.05) is 32.2 Å². The van der Waals surface area contributed by atoms with Crippen LogP contribution in [0.3, 0.4) is 0 Å². The van der Waals surface area contributed by atoms with E-state index < -0.39 is 0 Å². The molecule has 1 saturated heterocycles. The van der Waals surface area contributed by atoms with Crippen LogP contribution in [0.15, 0.2) is 86.7 Å². The molecule has 0 unspecified atom stereocenters. The molecule has 1 fully saturated rings. The molecule has 3 heterocycles. The van der Waals surface area contributed by atoms with Gasteiger partial charge >= 0.3 is 0 Å². The van der Waals surface area contributed by atoms with E-state index in [0.717, 1.165) is 16.8 Å². The van der Waals surface area contributed by atoms with Crippen LogP contribution in [0.25, 0.3) is 6.08 Å². The lowest BCUT2D eigenvalue weighted by molar-refractivity contribution is -0.122. The molecule has 0 N–H and O–H groups in total. The van der Waals surface area contributed by atoms with E-state index in [2.05, 4.69) is 15.2 Å². The lowest BCUT2D eigenvalue weighted by Gasteiger charge is -2.12. The first-order chi connectivity index (χ1) is 15.1. The van der Waals surface area contributed by atoms with Crippen molar-refractivity contribution in [1.29, 1.82) is 0 Å². The van der Waals surface area contributed by atoms with E-state index in [9.17, 15) is 4.79 Å². The van der Waals surface area contributed by atoms with Crippen LogP contribution in [0, 0.1) is 0 Å². The van der Waals surface area contributed by atoms with Gasteiger partial charge < -0.3 is 9.32 Å². The van der Waals surface area contributed by atoms with Gasteiger partial charge in [-0.25, -0.2) is 0 Å². The third-order valence-electron chi connectivity index (χ3n) is 4.52. The van der Waals surface area contributed by atoms with Gasteiger partial charge in [0.2, 0.25) is 0 Å². The van der Waals surface area contributed by atoms with E-state index in [-0.39, 0.29) is 12.5 Å². The van der Waals surface area contributed by atoms with Crippen molar-refractivity contribution in [3.8, 4) is 0 Å². The average Bonchev–Trinajstić information content (AvgIpc) is 3.39. The molecule has 2 aromatic heterocycles. The first kappa shape index (κ1) is 20.6. The standard InChI is InChI=1S/C23H21N5O2S/c1-27(2)19-9-7-17(8-10-19)15-25-26-23-28(16-20-6-4-12-30-20)22(29)21(31-23)13-18-5-3-11-24-14-18/h3-15H,16H2,1-2H3/b21-13-,25-15+,26-23-. The minimum Gasteiger partial charge on any atom is -0.467 e. The Labute approximate surface area is 184 Å². The highest BCUT2D eigenvalue weighted by Crippen LogP contribution is 2.33. The average molecular weight is 432 g/mol. The fourth-order valence-corrected chi connectivity index (χ4v) is 3.83. The number of pyridine rings is 1. The first-order valence-corrected chi connectivity index (χ1v) is 10.4. The van der Waals surface area contributed by atoms with Gasteiger partial charge in [0.15, 0.2) is 5.17 Å². The Morgan fingerprint density at radius 1 is 1.13 bits per heavy atom. The maximum absolute atomic E-state index is 13.0. The molecular formula is C23H21N5O2S. The molecule has 0 radical (unpaired) electrons. The largest absolute Gasteiger partial charge is 0.467 e. The van der Waals surface area contributed by atoms with Crippen LogP contribution in [0.4, 0.5) is 5.69 Å². The summed E-state index contributed by atoms with van der Waals surface area (Å²) in [6.45, 7) is 0.287. The van der Waals surface area contributed by atoms with Crippen LogP contribution in [0.5, 0.6) is 0 Å². The first-order valence-electron chi connectivity index (χ1n) is 9.62. The second-order valence-corrected chi connectivity index (χ2v) is 7.99. The number of carbonyl (C=O) groups is 1. The molecule has 1 aliphatic heterocycles. The summed E-state index contributed by atoms with van der Waals surface area (Å²) in [5.41, 5.74) is 2.88. The Bertz CT molecular complexity index is 1120. The normalized spacial score (nSPS) is 16.7. The number of benzene rings is 1. The summed E-state index contributed by atoms with van der Waals surface area (Å²) in [5.74, 6) is 0.530. The smallest absolute Gasteiger partial charge is 0.267 e. The van der Waals surface area contributed by atoms with Gasteiger partial charge in [-0.15, -0.1) is 5.10 Å². The van der Waals surface area contributed by atoms with E-state index in [1.165, 1.54) is 11.8 Å². The Balaban J connectivity index is 1.58. The molecule has 1 amide bonds. The van der Waals surface area contributed by atoms with E-state index in [1.807, 2.05) is 61.5 Å². The molecule has 31 heavy (non-hydrogen) atoms. The van der Waals surface area contributed by atoms with Crippen LogP contribution in [-0.4, -0.2) is 41.3 Å². The zero-order chi connectivity index (χ0) is 21.6. The number of hydrogen-bond donors (Lipinski definition) is 0. The Morgan fingerprint density at radius 3 is 2.65 bits per heavy atom. The fraction of sp³-hybridized carbons (Fsp3) is 0.130. The van der Waals surface area contributed by atoms with Crippen LogP contribution < -0.4 is 4.90 Å². The maximum Gasteiger partial charge on any atom is 0.267 e. The number of thioether (sulfide) groups is 1. The van der Waals surface area contributed by atoms with Crippen molar-refractivity contribution >= 4 is 40.8 Å². The zero-order valence-electron chi connectivity index (χ0n) is 17.2. The topological polar surface area (TPSA) is 74.3 Å². The second kappa shape index (κ2) is 9.44. The maximum atomic E-state index is 13.0. The zero-order valence-corrected chi connectivity index (χ0v) is 18.0. The van der Waals surface area contributed by atoms with Crippen LogP contribution >= 0.6 is 11.8 Å². The molecule has 1 aliphatic rings. The number of hydrogen-bond acceptors (Lipinski definition) is 7. The summed E-state index contributed by atoms with van der Waals surface area (Å²) in [6.07, 6.45) is 8.47. The quantitative estimate of drug-likeness (QED) is 0.331. The van der Waals surface area contributed by atoms with Crippen LogP contribution in [0.1, 0.15) is 16.9 Å². The number of anilines is 1. The van der Waals surface area contributed by atoms with Crippen LogP contribution in [-0.2, 0) is 11.3 Å². The Kier molecular flexibility index (Phi) is 6.28. The molecule has 0 atom stereocenters. The van der Waals surface area contributed by atoms with Crippen molar-refractivity contribution in [3.05, 3.63) is 89.0 Å². The molecule has 8 heteroatoms. The lowest BCUT2D eigenvalue weighted by Crippen LogP contribution is -2.28. The van der Waals surface area contributed by atoms with Gasteiger partial charge in [0.05, 0.1) is 23.9 Å². The summed E-state index contributed by atoms with van der Waals surface area (Å²) < 4.78 is 5.42. The Morgan fingerprint density at radius 2 is 1.97 bits per heavy atom. The lowest BCUT2D eigenvalue weighted by atomic mass is 10.2. The predicted octanol–water partition coefficient (Wildman–Crippen LogP) is 4.25. The summed E-state index contributed by atoms with van der Waals surface area (Å²) in [4.78, 5) is 21.3. The predicted molar refractivity (Wildman–Crippen MR) is 125 cm³/mol. The van der Waals surface area contributed by atoms with Gasteiger partial charge in [-0.05, 0) is 59.3 Å². The van der Waals surface area contributed by atoms with Crippen molar-refractivity contribution in [3.63, 3.8) is 0 Å². The van der Waals surface area contributed by atoms with Gasteiger partial charge in [-0.1, -0.05) is 18.2 Å². The van der Waals surface area contributed by atoms with Gasteiger partial charge in [-0.3, -0.25) is 14.7 Å². The monoisotopic (exact) mass is 431 g/mol. The summed E-state index contributed by atoms with van der Waals surface area (Å²) in [7, 11) is 3.99. The molecule has 1 aromatic carbocycles. The molecule has 0 saturated carbocycles. The number of carbonyl (C=O) groups excluding carboxylic acids is 1. The summed E-state index contributed by atoms with van der Waals surface area (Å²) in [5, 5.41) is 9.04. The number of nitrogens with zero attached hydrogens (tertiary/aromatic N) is 5. The molecule has 4 rings (SSSR count). The van der Waals surface area contributed by atoms with E-state index in [1.54, 1.807) is 41.9 Å². The van der Waals surface area contributed by atoms with Crippen molar-refractivity contribution < 1.29 is 9.21 Å². The molecule has 156 valence electrons. The highest BCUT2D eigenvalue weighted by atomic mass is 32.2. The van der Waals surface area contributed by atoms with E-state index in [0.29, 0.717) is 15.8 Å². The highest BCUT2D eigenvalue weighted by Gasteiger charge is 2.34. The molecular weight excluding hydrogens is 410 g/mol. The summed E-state index contributed by atoms with van der Waals surface area (Å²) >= 11 is 1.28. The molecule has 7 nitrogen and oxygen atoms in total. The minimum atomic E-state index is -0.144. The third kappa shape index (κ3) is 5.10. The van der Waals surface area contributed by atoms with Gasteiger partial charge in [0.1, 0.15) is 5.76 Å². The second-order valence-electron chi connectivity index (χ2n) is 6.98. The van der Waals surface area contributed by atoms with E-state index >= 15 is 0 Å². The van der Waals surface area contributed by atoms with Crippen molar-refractivity contribution in [1.82, 2.24) is 9.88 Å². The Hall–Kier alpha value is -3.65.